The zero-order valence-corrected chi connectivity index (χ0v) is 8.32. The highest BCUT2D eigenvalue weighted by Crippen LogP contribution is 2.09. The highest BCUT2D eigenvalue weighted by Gasteiger charge is 2.11. The van der Waals surface area contributed by atoms with Gasteiger partial charge in [0.05, 0.1) is 0 Å². The van der Waals surface area contributed by atoms with E-state index in [9.17, 15) is 0 Å². The van der Waals surface area contributed by atoms with Crippen LogP contribution in [0.25, 0.3) is 0 Å². The Morgan fingerprint density at radius 3 is 2.50 bits per heavy atom. The van der Waals surface area contributed by atoms with Crippen LogP contribution >= 0.6 is 22.6 Å². The van der Waals surface area contributed by atoms with Crippen molar-refractivity contribution in [2.24, 2.45) is 5.84 Å². The van der Waals surface area contributed by atoms with Gasteiger partial charge in [0.2, 0.25) is 0 Å². The molecule has 0 saturated heterocycles. The van der Waals surface area contributed by atoms with E-state index < -0.39 is 7.12 Å². The van der Waals surface area contributed by atoms with Crippen molar-refractivity contribution >= 4 is 40.9 Å². The second-order valence-electron chi connectivity index (χ2n) is 2.29. The number of hydrazine groups is 1. The normalized spacial score (nSPS) is 9.67. The van der Waals surface area contributed by atoms with Crippen molar-refractivity contribution in [1.82, 2.24) is 0 Å². The van der Waals surface area contributed by atoms with E-state index in [1.807, 2.05) is 0 Å². The van der Waals surface area contributed by atoms with E-state index in [1.165, 1.54) is 0 Å². The van der Waals surface area contributed by atoms with Crippen molar-refractivity contribution in [3.05, 3.63) is 21.8 Å². The SMILES string of the molecule is NNc1cc(I)cc(B(O)O)c1. The number of anilines is 1. The molecular weight excluding hydrogens is 270 g/mol. The van der Waals surface area contributed by atoms with E-state index in [0.29, 0.717) is 11.2 Å². The first-order chi connectivity index (χ1) is 5.63. The maximum atomic E-state index is 8.85. The summed E-state index contributed by atoms with van der Waals surface area (Å²) in [5, 5.41) is 17.7. The third kappa shape index (κ3) is 2.34. The van der Waals surface area contributed by atoms with Crippen molar-refractivity contribution in [2.45, 2.75) is 0 Å². The molecule has 0 aliphatic carbocycles. The average Bonchev–Trinajstić information content (AvgIpc) is 2.03. The number of hydrogen-bond donors (Lipinski definition) is 4. The van der Waals surface area contributed by atoms with Crippen LogP contribution in [0.4, 0.5) is 5.69 Å². The summed E-state index contributed by atoms with van der Waals surface area (Å²) in [6.07, 6.45) is 0. The Labute approximate surface area is 84.0 Å². The van der Waals surface area contributed by atoms with Gasteiger partial charge in [0.15, 0.2) is 0 Å². The van der Waals surface area contributed by atoms with Crippen LogP contribution in [0.2, 0.25) is 0 Å². The van der Waals surface area contributed by atoms with Gasteiger partial charge in [-0.1, -0.05) is 0 Å². The summed E-state index contributed by atoms with van der Waals surface area (Å²) in [7, 11) is -1.45. The molecule has 0 aromatic heterocycles. The van der Waals surface area contributed by atoms with E-state index in [4.69, 9.17) is 15.9 Å². The lowest BCUT2D eigenvalue weighted by Gasteiger charge is -2.04. The predicted octanol–water partition coefficient (Wildman–Crippen LogP) is -0.743. The Morgan fingerprint density at radius 1 is 1.33 bits per heavy atom. The van der Waals surface area contributed by atoms with Gasteiger partial charge in [0.25, 0.3) is 0 Å². The van der Waals surface area contributed by atoms with Gasteiger partial charge < -0.3 is 15.5 Å². The lowest BCUT2D eigenvalue weighted by Crippen LogP contribution is -2.30. The number of nitrogens with one attached hydrogen (secondary N) is 1. The van der Waals surface area contributed by atoms with Crippen molar-refractivity contribution < 1.29 is 10.0 Å². The number of hydrogen-bond acceptors (Lipinski definition) is 4. The van der Waals surface area contributed by atoms with Gasteiger partial charge in [0.1, 0.15) is 0 Å². The summed E-state index contributed by atoms with van der Waals surface area (Å²) >= 11 is 2.07. The van der Waals surface area contributed by atoms with E-state index in [-0.39, 0.29) is 0 Å². The van der Waals surface area contributed by atoms with E-state index in [0.717, 1.165) is 3.57 Å². The van der Waals surface area contributed by atoms with Gasteiger partial charge in [0, 0.05) is 9.26 Å². The molecule has 0 amide bonds. The summed E-state index contributed by atoms with van der Waals surface area (Å²) in [4.78, 5) is 0. The van der Waals surface area contributed by atoms with Crippen LogP contribution in [-0.4, -0.2) is 17.2 Å². The Balaban J connectivity index is 3.06. The molecular formula is C6H8BIN2O2. The Morgan fingerprint density at radius 2 is 2.00 bits per heavy atom. The highest BCUT2D eigenvalue weighted by molar-refractivity contribution is 14.1. The van der Waals surface area contributed by atoms with Crippen LogP contribution in [0, 0.1) is 3.57 Å². The van der Waals surface area contributed by atoms with Crippen LogP contribution in [0.1, 0.15) is 0 Å². The zero-order valence-electron chi connectivity index (χ0n) is 6.16. The van der Waals surface area contributed by atoms with Gasteiger partial charge >= 0.3 is 7.12 Å². The van der Waals surface area contributed by atoms with Crippen LogP contribution in [0.15, 0.2) is 18.2 Å². The molecule has 4 nitrogen and oxygen atoms in total. The predicted molar refractivity (Wildman–Crippen MR) is 56.8 cm³/mol. The van der Waals surface area contributed by atoms with Crippen molar-refractivity contribution in [1.29, 1.82) is 0 Å². The molecule has 6 heteroatoms. The minimum Gasteiger partial charge on any atom is -0.423 e. The monoisotopic (exact) mass is 278 g/mol. The number of benzene rings is 1. The highest BCUT2D eigenvalue weighted by atomic mass is 127. The summed E-state index contributed by atoms with van der Waals surface area (Å²) in [6, 6.07) is 5.05. The van der Waals surface area contributed by atoms with Crippen LogP contribution in [-0.2, 0) is 0 Å². The fourth-order valence-corrected chi connectivity index (χ4v) is 1.54. The second-order valence-corrected chi connectivity index (χ2v) is 3.54. The molecule has 0 saturated carbocycles. The Hall–Kier alpha value is -0.305. The number of nitrogen functional groups attached to an aromatic ring is 1. The molecule has 1 rings (SSSR count). The summed E-state index contributed by atoms with van der Waals surface area (Å²) < 4.78 is 0.895. The third-order valence-electron chi connectivity index (χ3n) is 1.38. The lowest BCUT2D eigenvalue weighted by molar-refractivity contribution is 0.426. The number of rotatable bonds is 2. The third-order valence-corrected chi connectivity index (χ3v) is 2.01. The average molecular weight is 278 g/mol. The van der Waals surface area contributed by atoms with Gasteiger partial charge in [-0.05, 0) is 46.3 Å². The molecule has 5 N–H and O–H groups in total. The first-order valence-corrected chi connectivity index (χ1v) is 4.34. The number of halogens is 1. The second kappa shape index (κ2) is 4.08. The molecule has 0 unspecified atom stereocenters. The van der Waals surface area contributed by atoms with E-state index in [2.05, 4.69) is 28.0 Å². The van der Waals surface area contributed by atoms with Crippen LogP contribution in [0.3, 0.4) is 0 Å². The first kappa shape index (κ1) is 9.78. The van der Waals surface area contributed by atoms with Crippen molar-refractivity contribution in [3.63, 3.8) is 0 Å². The molecule has 64 valence electrons. The van der Waals surface area contributed by atoms with E-state index >= 15 is 0 Å². The van der Waals surface area contributed by atoms with Gasteiger partial charge in [-0.25, -0.2) is 0 Å². The molecule has 0 radical (unpaired) electrons. The van der Waals surface area contributed by atoms with Gasteiger partial charge in [-0.15, -0.1) is 0 Å². The minimum atomic E-state index is -1.45. The fraction of sp³-hybridized carbons (Fsp3) is 0. The molecule has 1 aromatic carbocycles. The summed E-state index contributed by atoms with van der Waals surface area (Å²) in [5.41, 5.74) is 3.52. The maximum absolute atomic E-state index is 8.85. The smallest absolute Gasteiger partial charge is 0.423 e. The Kier molecular flexibility index (Phi) is 3.33. The van der Waals surface area contributed by atoms with Crippen LogP contribution < -0.4 is 16.7 Å². The number of nitrogens with two attached hydrogens (primary N) is 1. The van der Waals surface area contributed by atoms with Crippen LogP contribution in [0.5, 0.6) is 0 Å². The molecule has 0 heterocycles. The first-order valence-electron chi connectivity index (χ1n) is 3.26. The molecule has 12 heavy (non-hydrogen) atoms. The molecule has 0 fully saturated rings. The molecule has 0 atom stereocenters. The van der Waals surface area contributed by atoms with Gasteiger partial charge in [-0.2, -0.15) is 0 Å². The summed E-state index contributed by atoms with van der Waals surface area (Å²) in [6.45, 7) is 0. The molecule has 0 aliphatic rings. The molecule has 0 aliphatic heterocycles. The Bertz CT molecular complexity index is 282. The van der Waals surface area contributed by atoms with E-state index in [1.54, 1.807) is 18.2 Å². The van der Waals surface area contributed by atoms with Gasteiger partial charge in [-0.3, -0.25) is 5.84 Å². The molecule has 1 aromatic rings. The topological polar surface area (TPSA) is 78.5 Å². The van der Waals surface area contributed by atoms with Crippen molar-refractivity contribution in [3.8, 4) is 0 Å². The zero-order chi connectivity index (χ0) is 9.14. The molecule has 0 spiro atoms. The molecule has 0 bridgehead atoms. The lowest BCUT2D eigenvalue weighted by atomic mass is 9.80. The maximum Gasteiger partial charge on any atom is 0.488 e. The minimum absolute atomic E-state index is 0.426. The van der Waals surface area contributed by atoms with Crippen molar-refractivity contribution in [2.75, 3.05) is 5.43 Å². The largest absolute Gasteiger partial charge is 0.488 e. The standard InChI is InChI=1S/C6H8BIN2O2/c8-5-1-4(7(11)12)2-6(3-5)10-9/h1-3,10-12H,9H2. The summed E-state index contributed by atoms with van der Waals surface area (Å²) in [5.74, 6) is 5.17. The quantitative estimate of drug-likeness (QED) is 0.248. The fourth-order valence-electron chi connectivity index (χ4n) is 0.845.